The van der Waals surface area contributed by atoms with Gasteiger partial charge in [0.15, 0.2) is 0 Å². The van der Waals surface area contributed by atoms with E-state index in [1.807, 2.05) is 77.7 Å². The Balaban J connectivity index is 1.37. The fraction of sp³-hybridized carbons (Fsp3) is 0. The van der Waals surface area contributed by atoms with E-state index in [4.69, 9.17) is 4.74 Å². The van der Waals surface area contributed by atoms with Crippen LogP contribution < -0.4 is 4.74 Å². The molecule has 4 aromatic carbocycles. The molecule has 5 aromatic rings. The summed E-state index contributed by atoms with van der Waals surface area (Å²) in [5.74, 6) is 1.59. The first-order valence-electron chi connectivity index (χ1n) is 9.89. The third-order valence-corrected chi connectivity index (χ3v) is 4.97. The molecule has 30 heavy (non-hydrogen) atoms. The molecular weight excluding hydrogens is 368 g/mol. The molecule has 1 aromatic heterocycles. The highest BCUT2D eigenvalue weighted by atomic mass is 16.5. The van der Waals surface area contributed by atoms with Crippen molar-refractivity contribution in [3.63, 3.8) is 0 Å². The summed E-state index contributed by atoms with van der Waals surface area (Å²) in [6.45, 7) is 0. The molecule has 0 amide bonds. The maximum absolute atomic E-state index is 5.95. The lowest BCUT2D eigenvalue weighted by molar-refractivity contribution is 0.482. The highest BCUT2D eigenvalue weighted by molar-refractivity contribution is 5.70. The van der Waals surface area contributed by atoms with Crippen LogP contribution in [0.1, 0.15) is 0 Å². The number of aromatic nitrogens is 2. The van der Waals surface area contributed by atoms with Gasteiger partial charge in [-0.1, -0.05) is 78.9 Å². The highest BCUT2D eigenvalue weighted by Crippen LogP contribution is 2.27. The summed E-state index contributed by atoms with van der Waals surface area (Å²) in [6, 6.07) is 36.7. The number of hydrogen-bond donors (Lipinski definition) is 0. The van der Waals surface area contributed by atoms with Crippen molar-refractivity contribution < 1.29 is 4.74 Å². The molecule has 144 valence electrons. The minimum atomic E-state index is 0.781. The number of ether oxygens (including phenoxy) is 1. The van der Waals surface area contributed by atoms with Gasteiger partial charge in [0.25, 0.3) is 0 Å². The van der Waals surface area contributed by atoms with Crippen LogP contribution >= 0.6 is 0 Å². The standard InChI is InChI=1S/C27H20N2O/c1-3-8-21(9-4-1)22-14-16-23(17-15-22)24-19-28-29(20-24)25-10-7-13-27(18-25)30-26-11-5-2-6-12-26/h1-20H. The fourth-order valence-corrected chi connectivity index (χ4v) is 3.41. The third kappa shape index (κ3) is 3.87. The summed E-state index contributed by atoms with van der Waals surface area (Å²) in [5.41, 5.74) is 5.59. The number of rotatable bonds is 5. The molecule has 0 bridgehead atoms. The monoisotopic (exact) mass is 388 g/mol. The smallest absolute Gasteiger partial charge is 0.129 e. The van der Waals surface area contributed by atoms with Crippen molar-refractivity contribution in [2.75, 3.05) is 0 Å². The number of para-hydroxylation sites is 1. The van der Waals surface area contributed by atoms with E-state index in [0.717, 1.165) is 28.3 Å². The van der Waals surface area contributed by atoms with E-state index in [2.05, 4.69) is 53.6 Å². The average Bonchev–Trinajstić information content (AvgIpc) is 3.31. The summed E-state index contributed by atoms with van der Waals surface area (Å²) in [4.78, 5) is 0. The van der Waals surface area contributed by atoms with Crippen LogP contribution in [-0.4, -0.2) is 9.78 Å². The minimum Gasteiger partial charge on any atom is -0.457 e. The Bertz CT molecular complexity index is 1240. The lowest BCUT2D eigenvalue weighted by Gasteiger charge is -2.07. The molecule has 0 saturated carbocycles. The van der Waals surface area contributed by atoms with E-state index in [1.165, 1.54) is 11.1 Å². The molecule has 0 aliphatic heterocycles. The van der Waals surface area contributed by atoms with Crippen molar-refractivity contribution in [2.45, 2.75) is 0 Å². The summed E-state index contributed by atoms with van der Waals surface area (Å²) >= 11 is 0. The van der Waals surface area contributed by atoms with E-state index in [0.29, 0.717) is 0 Å². The summed E-state index contributed by atoms with van der Waals surface area (Å²) in [7, 11) is 0. The van der Waals surface area contributed by atoms with E-state index in [1.54, 1.807) is 0 Å². The Morgan fingerprint density at radius 2 is 1.13 bits per heavy atom. The van der Waals surface area contributed by atoms with Crippen molar-refractivity contribution in [3.8, 4) is 39.4 Å². The van der Waals surface area contributed by atoms with Gasteiger partial charge in [-0.25, -0.2) is 4.68 Å². The van der Waals surface area contributed by atoms with E-state index in [-0.39, 0.29) is 0 Å². The summed E-state index contributed by atoms with van der Waals surface area (Å²) in [6.07, 6.45) is 3.93. The maximum atomic E-state index is 5.95. The Hall–Kier alpha value is -4.11. The van der Waals surface area contributed by atoms with Gasteiger partial charge in [0.05, 0.1) is 11.9 Å². The molecule has 0 radical (unpaired) electrons. The summed E-state index contributed by atoms with van der Waals surface area (Å²) in [5, 5.41) is 4.55. The molecule has 1 heterocycles. The highest BCUT2D eigenvalue weighted by Gasteiger charge is 2.06. The molecule has 0 unspecified atom stereocenters. The topological polar surface area (TPSA) is 27.1 Å². The minimum absolute atomic E-state index is 0.781. The van der Waals surface area contributed by atoms with Gasteiger partial charge in [-0.3, -0.25) is 0 Å². The Labute approximate surface area is 175 Å². The molecule has 5 rings (SSSR count). The van der Waals surface area contributed by atoms with Crippen LogP contribution in [0, 0.1) is 0 Å². The first kappa shape index (κ1) is 18.0. The first-order valence-corrected chi connectivity index (χ1v) is 9.89. The van der Waals surface area contributed by atoms with E-state index < -0.39 is 0 Å². The zero-order chi connectivity index (χ0) is 20.2. The van der Waals surface area contributed by atoms with Crippen LogP contribution in [0.15, 0.2) is 122 Å². The largest absolute Gasteiger partial charge is 0.457 e. The number of nitrogens with zero attached hydrogens (tertiary/aromatic N) is 2. The average molecular weight is 388 g/mol. The second kappa shape index (κ2) is 8.10. The van der Waals surface area contributed by atoms with Crippen LogP contribution in [0.2, 0.25) is 0 Å². The third-order valence-electron chi connectivity index (χ3n) is 4.97. The van der Waals surface area contributed by atoms with Crippen molar-refractivity contribution in [1.82, 2.24) is 9.78 Å². The van der Waals surface area contributed by atoms with Gasteiger partial charge in [0.1, 0.15) is 11.5 Å². The predicted molar refractivity (Wildman–Crippen MR) is 121 cm³/mol. The van der Waals surface area contributed by atoms with Crippen molar-refractivity contribution >= 4 is 0 Å². The fourth-order valence-electron chi connectivity index (χ4n) is 3.41. The van der Waals surface area contributed by atoms with Gasteiger partial charge in [-0.2, -0.15) is 5.10 Å². The SMILES string of the molecule is c1ccc(Oc2cccc(-n3cc(-c4ccc(-c5ccccc5)cc4)cn3)c2)cc1. The zero-order valence-electron chi connectivity index (χ0n) is 16.3. The van der Waals surface area contributed by atoms with Crippen LogP contribution in [0.5, 0.6) is 11.5 Å². The molecule has 0 spiro atoms. The molecule has 0 aliphatic carbocycles. The predicted octanol–water partition coefficient (Wildman–Crippen LogP) is 7.00. The van der Waals surface area contributed by atoms with Crippen LogP contribution in [0.3, 0.4) is 0 Å². The lowest BCUT2D eigenvalue weighted by Crippen LogP contribution is -1.94. The number of hydrogen-bond acceptors (Lipinski definition) is 2. The molecule has 3 nitrogen and oxygen atoms in total. The van der Waals surface area contributed by atoms with Gasteiger partial charge >= 0.3 is 0 Å². The normalized spacial score (nSPS) is 10.7. The molecule has 0 fully saturated rings. The van der Waals surface area contributed by atoms with Gasteiger partial charge < -0.3 is 4.74 Å². The van der Waals surface area contributed by atoms with Gasteiger partial charge in [-0.05, 0) is 41.0 Å². The van der Waals surface area contributed by atoms with Crippen molar-refractivity contribution in [3.05, 3.63) is 122 Å². The zero-order valence-corrected chi connectivity index (χ0v) is 16.3. The van der Waals surface area contributed by atoms with Crippen LogP contribution in [-0.2, 0) is 0 Å². The van der Waals surface area contributed by atoms with E-state index in [9.17, 15) is 0 Å². The Morgan fingerprint density at radius 1 is 0.533 bits per heavy atom. The van der Waals surface area contributed by atoms with Crippen LogP contribution in [0.4, 0.5) is 0 Å². The summed E-state index contributed by atoms with van der Waals surface area (Å²) < 4.78 is 7.82. The van der Waals surface area contributed by atoms with Gasteiger partial charge in [0, 0.05) is 17.8 Å². The molecule has 0 aliphatic rings. The molecule has 0 atom stereocenters. The van der Waals surface area contributed by atoms with Crippen LogP contribution in [0.25, 0.3) is 27.9 Å². The maximum Gasteiger partial charge on any atom is 0.129 e. The Kier molecular flexibility index (Phi) is 4.84. The molecule has 3 heteroatoms. The second-order valence-corrected chi connectivity index (χ2v) is 7.03. The van der Waals surface area contributed by atoms with Crippen molar-refractivity contribution in [2.24, 2.45) is 0 Å². The number of benzene rings is 4. The second-order valence-electron chi connectivity index (χ2n) is 7.03. The molecule has 0 saturated heterocycles. The quantitative estimate of drug-likeness (QED) is 0.324. The van der Waals surface area contributed by atoms with Gasteiger partial charge in [0.2, 0.25) is 0 Å². The first-order chi connectivity index (χ1) is 14.8. The van der Waals surface area contributed by atoms with Crippen molar-refractivity contribution in [1.29, 1.82) is 0 Å². The molecule has 0 N–H and O–H groups in total. The van der Waals surface area contributed by atoms with Gasteiger partial charge in [-0.15, -0.1) is 0 Å². The molecular formula is C27H20N2O. The lowest BCUT2D eigenvalue weighted by atomic mass is 10.0. The van der Waals surface area contributed by atoms with E-state index >= 15 is 0 Å². The Morgan fingerprint density at radius 3 is 1.87 bits per heavy atom.